The Balaban J connectivity index is 1.58. The van der Waals surface area contributed by atoms with Gasteiger partial charge in [0.15, 0.2) is 0 Å². The predicted molar refractivity (Wildman–Crippen MR) is 123 cm³/mol. The molecule has 5 nitrogen and oxygen atoms in total. The van der Waals surface area contributed by atoms with Gasteiger partial charge in [-0.2, -0.15) is 0 Å². The average molecular weight is 438 g/mol. The maximum Gasteiger partial charge on any atom is 0.254 e. The van der Waals surface area contributed by atoms with E-state index in [1.165, 1.54) is 0 Å². The monoisotopic (exact) mass is 437 g/mol. The summed E-state index contributed by atoms with van der Waals surface area (Å²) in [5.41, 5.74) is 1.62. The minimum Gasteiger partial charge on any atom is -0.340 e. The molecule has 2 aliphatic heterocycles. The molecular formula is C25H31N3O2S. The first-order valence-electron chi connectivity index (χ1n) is 11.6. The van der Waals surface area contributed by atoms with Gasteiger partial charge in [0, 0.05) is 42.7 Å². The van der Waals surface area contributed by atoms with Gasteiger partial charge in [0.05, 0.1) is 12.0 Å². The molecule has 0 radical (unpaired) electrons. The molecule has 164 valence electrons. The molecule has 3 heterocycles. The van der Waals surface area contributed by atoms with Gasteiger partial charge in [0.25, 0.3) is 5.91 Å². The molecule has 2 unspecified atom stereocenters. The van der Waals surface area contributed by atoms with Crippen LogP contribution in [0.2, 0.25) is 0 Å². The van der Waals surface area contributed by atoms with Crippen molar-refractivity contribution in [1.29, 1.82) is 0 Å². The highest BCUT2D eigenvalue weighted by Gasteiger charge is 2.48. The lowest BCUT2D eigenvalue weighted by molar-refractivity contribution is -0.136. The number of thiophene rings is 1. The van der Waals surface area contributed by atoms with Crippen molar-refractivity contribution in [2.75, 3.05) is 32.7 Å². The van der Waals surface area contributed by atoms with E-state index >= 15 is 0 Å². The van der Waals surface area contributed by atoms with Crippen LogP contribution in [0, 0.1) is 0 Å². The Bertz CT molecular complexity index is 930. The number of hydrogen-bond acceptors (Lipinski definition) is 4. The summed E-state index contributed by atoms with van der Waals surface area (Å²) in [6.07, 6.45) is 4.38. The van der Waals surface area contributed by atoms with Crippen molar-refractivity contribution in [2.24, 2.45) is 0 Å². The molecule has 3 aliphatic rings. The Morgan fingerprint density at radius 2 is 1.77 bits per heavy atom. The van der Waals surface area contributed by atoms with Crippen molar-refractivity contribution in [2.45, 2.75) is 50.6 Å². The minimum atomic E-state index is -0.332. The summed E-state index contributed by atoms with van der Waals surface area (Å²) in [5.74, 6) is -0.0563. The smallest absolute Gasteiger partial charge is 0.254 e. The van der Waals surface area contributed by atoms with Gasteiger partial charge < -0.3 is 14.7 Å². The van der Waals surface area contributed by atoms with E-state index in [2.05, 4.69) is 28.2 Å². The van der Waals surface area contributed by atoms with Crippen molar-refractivity contribution in [3.63, 3.8) is 0 Å². The van der Waals surface area contributed by atoms with Gasteiger partial charge in [0.1, 0.15) is 0 Å². The number of amides is 2. The van der Waals surface area contributed by atoms with Crippen molar-refractivity contribution in [1.82, 2.24) is 14.7 Å². The van der Waals surface area contributed by atoms with E-state index in [0.717, 1.165) is 68.8 Å². The van der Waals surface area contributed by atoms with Gasteiger partial charge in [-0.25, -0.2) is 0 Å². The van der Waals surface area contributed by atoms with Crippen LogP contribution in [0.5, 0.6) is 0 Å². The molecule has 6 heteroatoms. The normalized spacial score (nSPS) is 25.1. The van der Waals surface area contributed by atoms with Crippen molar-refractivity contribution < 1.29 is 9.59 Å². The first kappa shape index (κ1) is 20.7. The van der Waals surface area contributed by atoms with Gasteiger partial charge in [-0.3, -0.25) is 9.59 Å². The SMILES string of the molecule is CCN1CCN(C(=O)C2c3ccccc3C(=O)N(C3CCCC3)C2c2cccs2)CC1. The molecular weight excluding hydrogens is 406 g/mol. The Kier molecular flexibility index (Phi) is 5.85. The summed E-state index contributed by atoms with van der Waals surface area (Å²) < 4.78 is 0. The summed E-state index contributed by atoms with van der Waals surface area (Å²) in [4.78, 5) is 35.4. The fourth-order valence-corrected chi connectivity index (χ4v) is 6.51. The third-order valence-corrected chi connectivity index (χ3v) is 8.27. The number of fused-ring (bicyclic) bond motifs is 1. The lowest BCUT2D eigenvalue weighted by atomic mass is 9.80. The maximum atomic E-state index is 14.1. The molecule has 1 aromatic carbocycles. The van der Waals surface area contributed by atoms with Crippen molar-refractivity contribution >= 4 is 23.2 Å². The van der Waals surface area contributed by atoms with Crippen LogP contribution in [0.25, 0.3) is 0 Å². The van der Waals surface area contributed by atoms with Gasteiger partial charge >= 0.3 is 0 Å². The van der Waals surface area contributed by atoms with Crippen LogP contribution in [0.4, 0.5) is 0 Å². The Morgan fingerprint density at radius 3 is 2.45 bits per heavy atom. The second kappa shape index (κ2) is 8.75. The van der Waals surface area contributed by atoms with Crippen LogP contribution in [0.1, 0.15) is 65.4 Å². The topological polar surface area (TPSA) is 43.9 Å². The van der Waals surface area contributed by atoms with Gasteiger partial charge in [-0.05, 0) is 42.5 Å². The molecule has 0 spiro atoms. The fraction of sp³-hybridized carbons (Fsp3) is 0.520. The largest absolute Gasteiger partial charge is 0.340 e. The number of piperazine rings is 1. The van der Waals surface area contributed by atoms with Crippen molar-refractivity contribution in [3.8, 4) is 0 Å². The number of carbonyl (C=O) groups is 2. The maximum absolute atomic E-state index is 14.1. The molecule has 5 rings (SSSR count). The molecule has 0 N–H and O–H groups in total. The first-order valence-corrected chi connectivity index (χ1v) is 12.5. The molecule has 1 aliphatic carbocycles. The number of nitrogens with zero attached hydrogens (tertiary/aromatic N) is 3. The van der Waals surface area contributed by atoms with Crippen LogP contribution < -0.4 is 0 Å². The first-order chi connectivity index (χ1) is 15.2. The molecule has 2 aromatic rings. The van der Waals surface area contributed by atoms with E-state index in [0.29, 0.717) is 5.56 Å². The molecule has 1 aromatic heterocycles. The third kappa shape index (κ3) is 3.70. The van der Waals surface area contributed by atoms with Crippen LogP contribution in [0.15, 0.2) is 41.8 Å². The second-order valence-electron chi connectivity index (χ2n) is 8.94. The minimum absolute atomic E-state index is 0.0979. The van der Waals surface area contributed by atoms with E-state index in [1.54, 1.807) is 11.3 Å². The van der Waals surface area contributed by atoms with Crippen LogP contribution >= 0.6 is 11.3 Å². The summed E-state index contributed by atoms with van der Waals surface area (Å²) in [5, 5.41) is 2.06. The van der Waals surface area contributed by atoms with Crippen LogP contribution in [0.3, 0.4) is 0 Å². The lowest BCUT2D eigenvalue weighted by Gasteiger charge is -2.46. The molecule has 2 fully saturated rings. The lowest BCUT2D eigenvalue weighted by Crippen LogP contribution is -2.54. The molecule has 31 heavy (non-hydrogen) atoms. The van der Waals surface area contributed by atoms with Crippen LogP contribution in [-0.4, -0.2) is 65.3 Å². The van der Waals surface area contributed by atoms with E-state index in [4.69, 9.17) is 0 Å². The summed E-state index contributed by atoms with van der Waals surface area (Å²) in [7, 11) is 0. The zero-order valence-corrected chi connectivity index (χ0v) is 19.0. The number of carbonyl (C=O) groups excluding carboxylic acids is 2. The summed E-state index contributed by atoms with van der Waals surface area (Å²) >= 11 is 1.67. The molecule has 0 bridgehead atoms. The van der Waals surface area contributed by atoms with Gasteiger partial charge in [-0.1, -0.05) is 44.0 Å². The highest BCUT2D eigenvalue weighted by atomic mass is 32.1. The second-order valence-corrected chi connectivity index (χ2v) is 9.91. The Morgan fingerprint density at radius 1 is 1.03 bits per heavy atom. The van der Waals surface area contributed by atoms with E-state index < -0.39 is 0 Å². The number of benzene rings is 1. The van der Waals surface area contributed by atoms with Crippen molar-refractivity contribution in [3.05, 3.63) is 57.8 Å². The molecule has 2 amide bonds. The third-order valence-electron chi connectivity index (χ3n) is 7.33. The zero-order chi connectivity index (χ0) is 21.4. The van der Waals surface area contributed by atoms with Gasteiger partial charge in [-0.15, -0.1) is 11.3 Å². The molecule has 2 atom stereocenters. The number of hydrogen-bond donors (Lipinski definition) is 0. The Labute approximate surface area is 188 Å². The highest BCUT2D eigenvalue weighted by molar-refractivity contribution is 7.10. The quantitative estimate of drug-likeness (QED) is 0.722. The number of likely N-dealkylation sites (N-methyl/N-ethyl adjacent to an activating group) is 1. The van der Waals surface area contributed by atoms with E-state index in [9.17, 15) is 9.59 Å². The summed E-state index contributed by atoms with van der Waals surface area (Å²) in [6, 6.07) is 12.0. The zero-order valence-electron chi connectivity index (χ0n) is 18.2. The number of rotatable bonds is 4. The average Bonchev–Trinajstić information content (AvgIpc) is 3.53. The van der Waals surface area contributed by atoms with E-state index in [-0.39, 0.29) is 29.8 Å². The van der Waals surface area contributed by atoms with Crippen LogP contribution in [-0.2, 0) is 4.79 Å². The Hall–Kier alpha value is -2.18. The fourth-order valence-electron chi connectivity index (χ4n) is 5.64. The predicted octanol–water partition coefficient (Wildman–Crippen LogP) is 4.14. The van der Waals surface area contributed by atoms with E-state index in [1.807, 2.05) is 35.2 Å². The van der Waals surface area contributed by atoms with Gasteiger partial charge in [0.2, 0.25) is 5.91 Å². The molecule has 1 saturated carbocycles. The highest BCUT2D eigenvalue weighted by Crippen LogP contribution is 2.47. The summed E-state index contributed by atoms with van der Waals surface area (Å²) in [6.45, 7) is 6.57. The standard InChI is InChI=1S/C25H31N3O2S/c1-2-26-13-15-27(16-14-26)25(30)22-19-10-5-6-11-20(19)24(29)28(18-8-3-4-9-18)23(22)21-12-7-17-31-21/h5-7,10-12,17-18,22-23H,2-4,8-9,13-16H2,1H3. The molecule has 1 saturated heterocycles.